The Kier molecular flexibility index (Phi) is 9.63. The topological polar surface area (TPSA) is 111 Å². The van der Waals surface area contributed by atoms with Gasteiger partial charge in [-0.3, -0.25) is 9.59 Å². The van der Waals surface area contributed by atoms with Gasteiger partial charge in [0, 0.05) is 12.5 Å². The lowest BCUT2D eigenvalue weighted by Crippen LogP contribution is -2.51. The summed E-state index contributed by atoms with van der Waals surface area (Å²) in [6, 6.07) is 26.8. The first-order valence-electron chi connectivity index (χ1n) is 11.3. The Morgan fingerprint density at radius 2 is 1.26 bits per heavy atom. The van der Waals surface area contributed by atoms with E-state index in [-0.39, 0.29) is 13.0 Å². The number of ether oxygens (including phenoxy) is 1. The van der Waals surface area contributed by atoms with Gasteiger partial charge in [0.2, 0.25) is 11.8 Å². The number of hydrogen-bond acceptors (Lipinski definition) is 4. The maximum Gasteiger partial charge on any atom is 0.408 e. The first kappa shape index (κ1) is 25.2. The summed E-state index contributed by atoms with van der Waals surface area (Å²) >= 11 is 0. The van der Waals surface area contributed by atoms with Gasteiger partial charge in [-0.25, -0.2) is 4.79 Å². The first-order chi connectivity index (χ1) is 17.0. The molecule has 0 heterocycles. The van der Waals surface area contributed by atoms with Crippen molar-refractivity contribution in [3.8, 4) is 0 Å². The van der Waals surface area contributed by atoms with Crippen LogP contribution in [0.2, 0.25) is 0 Å². The number of carbonyl (C=O) groups is 3. The van der Waals surface area contributed by atoms with E-state index in [1.165, 1.54) is 6.08 Å². The minimum Gasteiger partial charge on any atom is -0.445 e. The van der Waals surface area contributed by atoms with E-state index < -0.39 is 30.0 Å². The third-order valence-corrected chi connectivity index (χ3v) is 5.22. The van der Waals surface area contributed by atoms with Gasteiger partial charge in [-0.2, -0.15) is 0 Å². The van der Waals surface area contributed by atoms with E-state index in [1.54, 1.807) is 6.08 Å². The van der Waals surface area contributed by atoms with E-state index in [9.17, 15) is 14.4 Å². The third kappa shape index (κ3) is 9.17. The van der Waals surface area contributed by atoms with Crippen molar-refractivity contribution in [3.63, 3.8) is 0 Å². The number of rotatable bonds is 11. The van der Waals surface area contributed by atoms with Crippen LogP contribution >= 0.6 is 0 Å². The van der Waals surface area contributed by atoms with Crippen molar-refractivity contribution < 1.29 is 19.1 Å². The number of amides is 3. The zero-order valence-corrected chi connectivity index (χ0v) is 19.3. The van der Waals surface area contributed by atoms with E-state index in [1.807, 2.05) is 91.0 Å². The zero-order chi connectivity index (χ0) is 24.9. The maximum absolute atomic E-state index is 13.3. The van der Waals surface area contributed by atoms with Crippen LogP contribution in [0.25, 0.3) is 0 Å². The normalized spacial score (nSPS) is 12.5. The molecule has 7 nitrogen and oxygen atoms in total. The zero-order valence-electron chi connectivity index (χ0n) is 19.3. The average Bonchev–Trinajstić information content (AvgIpc) is 2.87. The Morgan fingerprint density at radius 3 is 1.80 bits per heavy atom. The molecule has 3 aromatic carbocycles. The molecule has 0 saturated heterocycles. The van der Waals surface area contributed by atoms with E-state index in [2.05, 4.69) is 10.6 Å². The average molecular weight is 472 g/mol. The highest BCUT2D eigenvalue weighted by molar-refractivity contribution is 5.87. The number of benzene rings is 3. The quantitative estimate of drug-likeness (QED) is 0.373. The monoisotopic (exact) mass is 471 g/mol. The Bertz CT molecular complexity index is 1120. The molecule has 0 aromatic heterocycles. The lowest BCUT2D eigenvalue weighted by molar-refractivity contribution is -0.123. The van der Waals surface area contributed by atoms with Crippen LogP contribution in [0.4, 0.5) is 4.79 Å². The predicted octanol–water partition coefficient (Wildman–Crippen LogP) is 3.29. The molecule has 0 radical (unpaired) electrons. The van der Waals surface area contributed by atoms with Crippen LogP contribution in [0.5, 0.6) is 0 Å². The Balaban J connectivity index is 1.71. The van der Waals surface area contributed by atoms with Gasteiger partial charge in [-0.1, -0.05) is 97.1 Å². The molecule has 3 amide bonds. The summed E-state index contributed by atoms with van der Waals surface area (Å²) in [5.41, 5.74) is 7.95. The summed E-state index contributed by atoms with van der Waals surface area (Å²) < 4.78 is 5.32. The molecule has 35 heavy (non-hydrogen) atoms. The number of carbonyl (C=O) groups excluding carboxylic acids is 3. The summed E-state index contributed by atoms with van der Waals surface area (Å²) in [5, 5.41) is 5.60. The van der Waals surface area contributed by atoms with E-state index in [0.717, 1.165) is 16.7 Å². The minimum atomic E-state index is -0.888. The fourth-order valence-electron chi connectivity index (χ4n) is 3.50. The Morgan fingerprint density at radius 1 is 0.743 bits per heavy atom. The number of alkyl carbamates (subject to hydrolysis) is 1. The van der Waals surface area contributed by atoms with Crippen LogP contribution in [-0.4, -0.2) is 30.0 Å². The molecule has 0 saturated carbocycles. The van der Waals surface area contributed by atoms with Crippen LogP contribution in [0.1, 0.15) is 16.7 Å². The van der Waals surface area contributed by atoms with Gasteiger partial charge >= 0.3 is 6.09 Å². The second kappa shape index (κ2) is 13.3. The molecule has 2 unspecified atom stereocenters. The number of primary amides is 1. The largest absolute Gasteiger partial charge is 0.445 e. The molecule has 0 bridgehead atoms. The fraction of sp³-hybridized carbons (Fsp3) is 0.179. The van der Waals surface area contributed by atoms with Crippen LogP contribution in [0, 0.1) is 0 Å². The molecule has 0 aliphatic carbocycles. The molecule has 2 atom stereocenters. The fourth-order valence-corrected chi connectivity index (χ4v) is 3.50. The SMILES string of the molecule is NC(=O)C=CC(Cc1ccccc1)NC(=O)C(Cc1ccccc1)NC(=O)OCc1ccccc1. The summed E-state index contributed by atoms with van der Waals surface area (Å²) in [6.45, 7) is 0.0876. The van der Waals surface area contributed by atoms with Gasteiger partial charge in [0.15, 0.2) is 0 Å². The van der Waals surface area contributed by atoms with Crippen molar-refractivity contribution in [3.05, 3.63) is 120 Å². The number of nitrogens with two attached hydrogens (primary N) is 1. The molecule has 180 valence electrons. The second-order valence-corrected chi connectivity index (χ2v) is 8.01. The standard InChI is InChI=1S/C28H29N3O4/c29-26(32)17-16-24(18-21-10-4-1-5-11-21)30-27(33)25(19-22-12-6-2-7-13-22)31-28(34)35-20-23-14-8-3-9-15-23/h1-17,24-25H,18-20H2,(H2,29,32)(H,30,33)(H,31,34). The molecule has 7 heteroatoms. The first-order valence-corrected chi connectivity index (χ1v) is 11.3. The van der Waals surface area contributed by atoms with Crippen LogP contribution in [0.15, 0.2) is 103 Å². The van der Waals surface area contributed by atoms with Crippen molar-refractivity contribution in [1.29, 1.82) is 0 Å². The Labute approximate surface area is 205 Å². The molecular weight excluding hydrogens is 442 g/mol. The van der Waals surface area contributed by atoms with Crippen molar-refractivity contribution in [1.82, 2.24) is 10.6 Å². The van der Waals surface area contributed by atoms with Gasteiger partial charge < -0.3 is 21.1 Å². The third-order valence-electron chi connectivity index (χ3n) is 5.22. The maximum atomic E-state index is 13.3. The Hall–Kier alpha value is -4.39. The van der Waals surface area contributed by atoms with Gasteiger partial charge in [0.25, 0.3) is 0 Å². The highest BCUT2D eigenvalue weighted by Gasteiger charge is 2.24. The molecule has 0 aliphatic heterocycles. The van der Waals surface area contributed by atoms with Gasteiger partial charge in [0.1, 0.15) is 12.6 Å². The van der Waals surface area contributed by atoms with Crippen LogP contribution in [0.3, 0.4) is 0 Å². The number of hydrogen-bond donors (Lipinski definition) is 3. The van der Waals surface area contributed by atoms with Crippen molar-refractivity contribution in [2.75, 3.05) is 0 Å². The molecule has 3 aromatic rings. The molecule has 0 aliphatic rings. The predicted molar refractivity (Wildman–Crippen MR) is 134 cm³/mol. The van der Waals surface area contributed by atoms with E-state index >= 15 is 0 Å². The molecule has 4 N–H and O–H groups in total. The van der Waals surface area contributed by atoms with E-state index in [0.29, 0.717) is 6.42 Å². The lowest BCUT2D eigenvalue weighted by atomic mass is 10.0. The summed E-state index contributed by atoms with van der Waals surface area (Å²) in [6.07, 6.45) is 2.80. The molecule has 0 spiro atoms. The van der Waals surface area contributed by atoms with Gasteiger partial charge in [0.05, 0.1) is 6.04 Å². The molecule has 0 fully saturated rings. The lowest BCUT2D eigenvalue weighted by Gasteiger charge is -2.22. The minimum absolute atomic E-state index is 0.0876. The van der Waals surface area contributed by atoms with Crippen molar-refractivity contribution in [2.45, 2.75) is 31.5 Å². The highest BCUT2D eigenvalue weighted by Crippen LogP contribution is 2.08. The molecule has 3 rings (SSSR count). The second-order valence-electron chi connectivity index (χ2n) is 8.01. The van der Waals surface area contributed by atoms with Gasteiger partial charge in [-0.05, 0) is 23.1 Å². The summed E-state index contributed by atoms with van der Waals surface area (Å²) in [7, 11) is 0. The number of nitrogens with one attached hydrogen (secondary N) is 2. The van der Waals surface area contributed by atoms with Crippen molar-refractivity contribution >= 4 is 17.9 Å². The van der Waals surface area contributed by atoms with Crippen LogP contribution in [-0.2, 0) is 33.8 Å². The van der Waals surface area contributed by atoms with Crippen LogP contribution < -0.4 is 16.4 Å². The van der Waals surface area contributed by atoms with Crippen molar-refractivity contribution in [2.24, 2.45) is 5.73 Å². The highest BCUT2D eigenvalue weighted by atomic mass is 16.5. The molecular formula is C28H29N3O4. The smallest absolute Gasteiger partial charge is 0.408 e. The summed E-state index contributed by atoms with van der Waals surface area (Å²) in [4.78, 5) is 37.1. The van der Waals surface area contributed by atoms with Gasteiger partial charge in [-0.15, -0.1) is 0 Å². The summed E-state index contributed by atoms with van der Waals surface area (Å²) in [5.74, 6) is -1.01. The van der Waals surface area contributed by atoms with E-state index in [4.69, 9.17) is 10.5 Å².